The van der Waals surface area contributed by atoms with E-state index in [0.717, 1.165) is 24.3 Å². The summed E-state index contributed by atoms with van der Waals surface area (Å²) >= 11 is 0. The van der Waals surface area contributed by atoms with Gasteiger partial charge in [0.1, 0.15) is 12.1 Å². The standard InChI is InChI=1S/C28H34N2O12S2/c1-13(2)23(27(35)36)29-43(39,40)17-9-5-15(6-10-17)19-21(25(31)32)20(22(19)26(33)34)16-7-11-18(12-8-16)44(41,42)30-24(14(3)4)28(37)38/h5-14,19-24,29-30H,1-4H3,(H,31,32)(H,33,34)(H,35,36)(H,37,38)/t19?,20?,21?,22?,23-,24+. The van der Waals surface area contributed by atoms with Gasteiger partial charge in [0, 0.05) is 11.8 Å². The second-order valence-electron chi connectivity index (χ2n) is 11.3. The van der Waals surface area contributed by atoms with Gasteiger partial charge in [-0.15, -0.1) is 0 Å². The molecule has 1 fully saturated rings. The Morgan fingerprint density at radius 3 is 1.05 bits per heavy atom. The molecule has 0 spiro atoms. The van der Waals surface area contributed by atoms with Crippen molar-refractivity contribution in [2.24, 2.45) is 23.7 Å². The van der Waals surface area contributed by atoms with E-state index in [4.69, 9.17) is 0 Å². The molecule has 3 rings (SSSR count). The first-order valence-corrected chi connectivity index (χ1v) is 16.4. The number of hydrogen-bond donors (Lipinski definition) is 6. The van der Waals surface area contributed by atoms with Crippen LogP contribution < -0.4 is 9.44 Å². The summed E-state index contributed by atoms with van der Waals surface area (Å²) in [6.45, 7) is 6.11. The molecule has 1 aliphatic rings. The van der Waals surface area contributed by atoms with Gasteiger partial charge in [-0.05, 0) is 47.2 Å². The summed E-state index contributed by atoms with van der Waals surface area (Å²) in [5, 5.41) is 38.8. The van der Waals surface area contributed by atoms with E-state index in [2.05, 4.69) is 9.44 Å². The summed E-state index contributed by atoms with van der Waals surface area (Å²) < 4.78 is 55.4. The Balaban J connectivity index is 1.91. The summed E-state index contributed by atoms with van der Waals surface area (Å²) in [5.41, 5.74) is 0.464. The summed E-state index contributed by atoms with van der Waals surface area (Å²) in [7, 11) is -8.56. The van der Waals surface area contributed by atoms with Crippen LogP contribution in [0.1, 0.15) is 50.7 Å². The summed E-state index contributed by atoms with van der Waals surface area (Å²) in [6.07, 6.45) is 0. The minimum absolute atomic E-state index is 0.232. The van der Waals surface area contributed by atoms with Crippen LogP contribution in [0.25, 0.3) is 0 Å². The van der Waals surface area contributed by atoms with Crippen LogP contribution >= 0.6 is 0 Å². The Hall–Kier alpha value is -3.86. The van der Waals surface area contributed by atoms with Gasteiger partial charge in [0.2, 0.25) is 20.0 Å². The molecule has 0 radical (unpaired) electrons. The van der Waals surface area contributed by atoms with Gasteiger partial charge in [-0.3, -0.25) is 19.2 Å². The van der Waals surface area contributed by atoms with E-state index in [1.165, 1.54) is 52.0 Å². The van der Waals surface area contributed by atoms with Crippen molar-refractivity contribution in [2.45, 2.75) is 61.4 Å². The molecular formula is C28H34N2O12S2. The molecule has 4 atom stereocenters. The maximum atomic E-state index is 12.8. The number of nitrogens with one attached hydrogen (secondary N) is 2. The van der Waals surface area contributed by atoms with Crippen LogP contribution in [0.4, 0.5) is 0 Å². The molecule has 1 saturated carbocycles. The van der Waals surface area contributed by atoms with Gasteiger partial charge in [-0.1, -0.05) is 52.0 Å². The Labute approximate surface area is 254 Å². The number of sulfonamides is 2. The second-order valence-corrected chi connectivity index (χ2v) is 14.7. The summed E-state index contributed by atoms with van der Waals surface area (Å²) in [4.78, 5) is 47.0. The average molecular weight is 655 g/mol. The van der Waals surface area contributed by atoms with Crippen molar-refractivity contribution in [1.29, 1.82) is 0 Å². The highest BCUT2D eigenvalue weighted by molar-refractivity contribution is 7.89. The molecule has 0 saturated heterocycles. The summed E-state index contributed by atoms with van der Waals surface area (Å²) in [6, 6.07) is 6.86. The molecular weight excluding hydrogens is 620 g/mol. The number of carbonyl (C=O) groups is 4. The third kappa shape index (κ3) is 7.09. The first-order valence-electron chi connectivity index (χ1n) is 13.5. The van der Waals surface area contributed by atoms with E-state index in [0.29, 0.717) is 0 Å². The van der Waals surface area contributed by atoms with E-state index >= 15 is 0 Å². The molecule has 0 aliphatic heterocycles. The Kier molecular flexibility index (Phi) is 10.2. The predicted molar refractivity (Wildman–Crippen MR) is 154 cm³/mol. The lowest BCUT2D eigenvalue weighted by Crippen LogP contribution is -2.51. The average Bonchev–Trinajstić information content (AvgIpc) is 2.89. The zero-order valence-corrected chi connectivity index (χ0v) is 25.7. The minimum Gasteiger partial charge on any atom is -0.481 e. The first-order chi connectivity index (χ1) is 20.3. The van der Waals surface area contributed by atoms with Gasteiger partial charge in [0.05, 0.1) is 21.6 Å². The van der Waals surface area contributed by atoms with Crippen LogP contribution in [0, 0.1) is 23.7 Å². The van der Waals surface area contributed by atoms with Crippen LogP contribution in [0.5, 0.6) is 0 Å². The zero-order valence-electron chi connectivity index (χ0n) is 24.1. The molecule has 14 nitrogen and oxygen atoms in total. The number of carboxylic acid groups (broad SMARTS) is 4. The van der Waals surface area contributed by atoms with Crippen LogP contribution in [-0.4, -0.2) is 73.2 Å². The molecule has 0 heterocycles. The van der Waals surface area contributed by atoms with Crippen molar-refractivity contribution in [3.63, 3.8) is 0 Å². The van der Waals surface area contributed by atoms with Gasteiger partial charge in [-0.2, -0.15) is 9.44 Å². The monoisotopic (exact) mass is 654 g/mol. The lowest BCUT2D eigenvalue weighted by atomic mass is 9.52. The lowest BCUT2D eigenvalue weighted by Gasteiger charge is -2.48. The minimum atomic E-state index is -4.28. The SMILES string of the molecule is CC(C)[C@H](NS(=O)(=O)c1ccc(C2C(C(=O)O)C(c3ccc(S(=O)(=O)N[C@@H](C(=O)O)C(C)C)cc3)C2C(=O)O)cc1)C(=O)O. The van der Waals surface area contributed by atoms with Crippen molar-refractivity contribution < 1.29 is 56.4 Å². The van der Waals surface area contributed by atoms with Gasteiger partial charge in [0.25, 0.3) is 0 Å². The topological polar surface area (TPSA) is 242 Å². The van der Waals surface area contributed by atoms with Gasteiger partial charge in [0.15, 0.2) is 0 Å². The number of aliphatic carboxylic acids is 4. The van der Waals surface area contributed by atoms with Crippen LogP contribution in [0.15, 0.2) is 58.3 Å². The lowest BCUT2D eigenvalue weighted by molar-refractivity contribution is -0.160. The second kappa shape index (κ2) is 13.0. The Morgan fingerprint density at radius 1 is 0.568 bits per heavy atom. The van der Waals surface area contributed by atoms with Gasteiger partial charge < -0.3 is 20.4 Å². The van der Waals surface area contributed by atoms with E-state index in [1.807, 2.05) is 0 Å². The molecule has 1 aliphatic carbocycles. The molecule has 2 aromatic carbocycles. The maximum absolute atomic E-state index is 12.8. The molecule has 0 amide bonds. The number of rotatable bonds is 14. The fourth-order valence-corrected chi connectivity index (χ4v) is 8.02. The third-order valence-electron chi connectivity index (χ3n) is 7.70. The van der Waals surface area contributed by atoms with E-state index in [9.17, 15) is 56.4 Å². The zero-order chi connectivity index (χ0) is 33.3. The van der Waals surface area contributed by atoms with Crippen molar-refractivity contribution in [1.82, 2.24) is 9.44 Å². The molecule has 44 heavy (non-hydrogen) atoms. The van der Waals surface area contributed by atoms with Crippen molar-refractivity contribution in [3.8, 4) is 0 Å². The highest BCUT2D eigenvalue weighted by Gasteiger charge is 2.58. The maximum Gasteiger partial charge on any atom is 0.322 e. The molecule has 2 aromatic rings. The smallest absolute Gasteiger partial charge is 0.322 e. The molecule has 0 bridgehead atoms. The third-order valence-corrected chi connectivity index (χ3v) is 10.6. The van der Waals surface area contributed by atoms with E-state index in [-0.39, 0.29) is 20.9 Å². The fraction of sp³-hybridized carbons (Fsp3) is 0.429. The first kappa shape index (κ1) is 34.6. The normalized spacial score (nSPS) is 21.8. The Bertz CT molecular complexity index is 1500. The summed E-state index contributed by atoms with van der Waals surface area (Å²) in [5.74, 6) is -11.2. The van der Waals surface area contributed by atoms with Crippen LogP contribution in [-0.2, 0) is 39.2 Å². The molecule has 6 N–H and O–H groups in total. The molecule has 2 unspecified atom stereocenters. The predicted octanol–water partition coefficient (Wildman–Crippen LogP) is 1.74. The highest BCUT2D eigenvalue weighted by atomic mass is 32.2. The number of carboxylic acids is 4. The highest BCUT2D eigenvalue weighted by Crippen LogP contribution is 2.57. The van der Waals surface area contributed by atoms with Crippen molar-refractivity contribution in [2.75, 3.05) is 0 Å². The molecule has 16 heteroatoms. The largest absolute Gasteiger partial charge is 0.481 e. The van der Waals surface area contributed by atoms with Crippen LogP contribution in [0.3, 0.4) is 0 Å². The Morgan fingerprint density at radius 2 is 0.841 bits per heavy atom. The molecule has 0 aromatic heterocycles. The molecule has 240 valence electrons. The quantitative estimate of drug-likeness (QED) is 0.171. The van der Waals surface area contributed by atoms with Crippen molar-refractivity contribution in [3.05, 3.63) is 59.7 Å². The van der Waals surface area contributed by atoms with E-state index in [1.54, 1.807) is 0 Å². The fourth-order valence-electron chi connectivity index (χ4n) is 5.34. The number of benzene rings is 2. The van der Waals surface area contributed by atoms with Crippen LogP contribution in [0.2, 0.25) is 0 Å². The van der Waals surface area contributed by atoms with Crippen molar-refractivity contribution >= 4 is 43.9 Å². The van der Waals surface area contributed by atoms with Gasteiger partial charge >= 0.3 is 23.9 Å². The van der Waals surface area contributed by atoms with Gasteiger partial charge in [-0.25, -0.2) is 16.8 Å². The number of hydrogen-bond acceptors (Lipinski definition) is 8. The van der Waals surface area contributed by atoms with E-state index < -0.39 is 91.5 Å².